The van der Waals surface area contributed by atoms with Gasteiger partial charge in [-0.2, -0.15) is 0 Å². The SMILES string of the molecule is Fc1ccc(-n2c(CCl)nc3cccnc32)cc1. The minimum absolute atomic E-state index is 0.272. The first-order valence-corrected chi connectivity index (χ1v) is 5.97. The molecule has 0 amide bonds. The molecule has 2 heterocycles. The predicted molar refractivity (Wildman–Crippen MR) is 68.4 cm³/mol. The summed E-state index contributed by atoms with van der Waals surface area (Å²) in [6, 6.07) is 9.87. The predicted octanol–water partition coefficient (Wildman–Crippen LogP) is 3.30. The summed E-state index contributed by atoms with van der Waals surface area (Å²) in [6.45, 7) is 0. The average Bonchev–Trinajstić information content (AvgIpc) is 2.78. The Morgan fingerprint density at radius 3 is 2.67 bits per heavy atom. The average molecular weight is 262 g/mol. The van der Waals surface area contributed by atoms with Crippen LogP contribution in [0.4, 0.5) is 4.39 Å². The summed E-state index contributed by atoms with van der Waals surface area (Å²) in [5.74, 6) is 0.689. The van der Waals surface area contributed by atoms with Gasteiger partial charge < -0.3 is 0 Å². The third kappa shape index (κ3) is 1.75. The third-order valence-electron chi connectivity index (χ3n) is 2.69. The van der Waals surface area contributed by atoms with E-state index in [1.54, 1.807) is 18.3 Å². The van der Waals surface area contributed by atoms with Gasteiger partial charge in [-0.25, -0.2) is 14.4 Å². The highest BCUT2D eigenvalue weighted by Crippen LogP contribution is 2.20. The molecule has 3 rings (SSSR count). The topological polar surface area (TPSA) is 30.7 Å². The minimum atomic E-state index is -0.274. The number of fused-ring (bicyclic) bond motifs is 1. The highest BCUT2D eigenvalue weighted by atomic mass is 35.5. The van der Waals surface area contributed by atoms with Crippen molar-refractivity contribution in [3.8, 4) is 5.69 Å². The Kier molecular flexibility index (Phi) is 2.72. The molecule has 0 radical (unpaired) electrons. The first-order chi connectivity index (χ1) is 8.79. The second kappa shape index (κ2) is 4.38. The zero-order valence-corrected chi connectivity index (χ0v) is 10.1. The smallest absolute Gasteiger partial charge is 0.164 e. The molecule has 5 heteroatoms. The largest absolute Gasteiger partial charge is 0.280 e. The number of hydrogen-bond acceptors (Lipinski definition) is 2. The standard InChI is InChI=1S/C13H9ClFN3/c14-8-12-17-11-2-1-7-16-13(11)18(12)10-5-3-9(15)4-6-10/h1-7H,8H2. The summed E-state index contributed by atoms with van der Waals surface area (Å²) >= 11 is 5.90. The lowest BCUT2D eigenvalue weighted by molar-refractivity contribution is 0.627. The molecule has 0 aliphatic carbocycles. The quantitative estimate of drug-likeness (QED) is 0.663. The van der Waals surface area contributed by atoms with Crippen LogP contribution in [0.3, 0.4) is 0 Å². The lowest BCUT2D eigenvalue weighted by Gasteiger charge is -2.06. The molecular weight excluding hydrogens is 253 g/mol. The van der Waals surface area contributed by atoms with E-state index in [1.807, 2.05) is 16.7 Å². The van der Waals surface area contributed by atoms with Gasteiger partial charge in [0.1, 0.15) is 17.2 Å². The fourth-order valence-electron chi connectivity index (χ4n) is 1.91. The van der Waals surface area contributed by atoms with Crippen LogP contribution in [-0.2, 0) is 5.88 Å². The molecule has 0 aliphatic heterocycles. The Morgan fingerprint density at radius 1 is 1.17 bits per heavy atom. The van der Waals surface area contributed by atoms with Gasteiger partial charge in [-0.3, -0.25) is 4.57 Å². The molecular formula is C13H9ClFN3. The number of aromatic nitrogens is 3. The number of imidazole rings is 1. The number of pyridine rings is 1. The second-order valence-corrected chi connectivity index (χ2v) is 4.09. The number of hydrogen-bond donors (Lipinski definition) is 0. The van der Waals surface area contributed by atoms with Crippen LogP contribution in [0, 0.1) is 5.82 Å². The molecule has 0 bridgehead atoms. The van der Waals surface area contributed by atoms with E-state index in [0.717, 1.165) is 16.9 Å². The van der Waals surface area contributed by atoms with Crippen LogP contribution in [0.2, 0.25) is 0 Å². The van der Waals surface area contributed by atoms with Gasteiger partial charge in [0.15, 0.2) is 5.65 Å². The van der Waals surface area contributed by atoms with E-state index in [9.17, 15) is 4.39 Å². The molecule has 0 saturated carbocycles. The normalized spacial score (nSPS) is 11.0. The van der Waals surface area contributed by atoms with Crippen molar-refractivity contribution in [1.29, 1.82) is 0 Å². The zero-order chi connectivity index (χ0) is 12.5. The first-order valence-electron chi connectivity index (χ1n) is 5.44. The van der Waals surface area contributed by atoms with Gasteiger partial charge in [0.05, 0.1) is 5.88 Å². The van der Waals surface area contributed by atoms with Crippen molar-refractivity contribution in [1.82, 2.24) is 14.5 Å². The van der Waals surface area contributed by atoms with Crippen molar-refractivity contribution in [2.75, 3.05) is 0 Å². The Morgan fingerprint density at radius 2 is 1.94 bits per heavy atom. The first kappa shape index (κ1) is 11.2. The molecule has 0 N–H and O–H groups in total. The van der Waals surface area contributed by atoms with Crippen LogP contribution < -0.4 is 0 Å². The molecule has 1 aromatic carbocycles. The van der Waals surface area contributed by atoms with Crippen molar-refractivity contribution in [3.63, 3.8) is 0 Å². The van der Waals surface area contributed by atoms with Crippen molar-refractivity contribution < 1.29 is 4.39 Å². The summed E-state index contributed by atoms with van der Waals surface area (Å²) in [4.78, 5) is 8.70. The summed E-state index contributed by atoms with van der Waals surface area (Å²) in [7, 11) is 0. The van der Waals surface area contributed by atoms with Gasteiger partial charge in [0, 0.05) is 11.9 Å². The van der Waals surface area contributed by atoms with Crippen LogP contribution >= 0.6 is 11.6 Å². The molecule has 18 heavy (non-hydrogen) atoms. The summed E-state index contributed by atoms with van der Waals surface area (Å²) < 4.78 is 14.8. The van der Waals surface area contributed by atoms with Gasteiger partial charge in [-0.1, -0.05) is 0 Å². The van der Waals surface area contributed by atoms with E-state index in [1.165, 1.54) is 12.1 Å². The number of halogens is 2. The van der Waals surface area contributed by atoms with E-state index in [0.29, 0.717) is 5.82 Å². The van der Waals surface area contributed by atoms with E-state index in [4.69, 9.17) is 11.6 Å². The van der Waals surface area contributed by atoms with Crippen molar-refractivity contribution in [2.24, 2.45) is 0 Å². The van der Waals surface area contributed by atoms with E-state index < -0.39 is 0 Å². The van der Waals surface area contributed by atoms with Crippen LogP contribution in [-0.4, -0.2) is 14.5 Å². The second-order valence-electron chi connectivity index (χ2n) is 3.82. The number of alkyl halides is 1. The van der Waals surface area contributed by atoms with Gasteiger partial charge >= 0.3 is 0 Å². The van der Waals surface area contributed by atoms with Crippen LogP contribution in [0.25, 0.3) is 16.9 Å². The molecule has 0 aliphatic rings. The van der Waals surface area contributed by atoms with Gasteiger partial charge in [-0.15, -0.1) is 11.6 Å². The van der Waals surface area contributed by atoms with Crippen LogP contribution in [0.15, 0.2) is 42.6 Å². The Balaban J connectivity index is 2.29. The maximum atomic E-state index is 13.0. The Bertz CT molecular complexity index is 691. The van der Waals surface area contributed by atoms with Crippen molar-refractivity contribution in [2.45, 2.75) is 5.88 Å². The molecule has 0 spiro atoms. The number of benzene rings is 1. The van der Waals surface area contributed by atoms with E-state index in [-0.39, 0.29) is 11.7 Å². The lowest BCUT2D eigenvalue weighted by Crippen LogP contribution is -2.00. The molecule has 0 fully saturated rings. The fraction of sp³-hybridized carbons (Fsp3) is 0.0769. The lowest BCUT2D eigenvalue weighted by atomic mass is 10.3. The molecule has 0 atom stereocenters. The molecule has 3 nitrogen and oxygen atoms in total. The minimum Gasteiger partial charge on any atom is -0.280 e. The van der Waals surface area contributed by atoms with Crippen LogP contribution in [0.1, 0.15) is 5.82 Å². The number of rotatable bonds is 2. The van der Waals surface area contributed by atoms with Gasteiger partial charge in [-0.05, 0) is 36.4 Å². The Labute approximate surface area is 108 Å². The molecule has 0 unspecified atom stereocenters. The molecule has 3 aromatic rings. The molecule has 0 saturated heterocycles. The van der Waals surface area contributed by atoms with E-state index >= 15 is 0 Å². The molecule has 2 aromatic heterocycles. The van der Waals surface area contributed by atoms with Crippen LogP contribution in [0.5, 0.6) is 0 Å². The summed E-state index contributed by atoms with van der Waals surface area (Å²) in [6.07, 6.45) is 1.70. The van der Waals surface area contributed by atoms with E-state index in [2.05, 4.69) is 9.97 Å². The maximum absolute atomic E-state index is 13.0. The van der Waals surface area contributed by atoms with Gasteiger partial charge in [0.25, 0.3) is 0 Å². The highest BCUT2D eigenvalue weighted by molar-refractivity contribution is 6.16. The zero-order valence-electron chi connectivity index (χ0n) is 9.35. The summed E-state index contributed by atoms with van der Waals surface area (Å²) in [5, 5.41) is 0. The monoisotopic (exact) mass is 261 g/mol. The highest BCUT2D eigenvalue weighted by Gasteiger charge is 2.12. The molecule has 90 valence electrons. The Hall–Kier alpha value is -1.94. The van der Waals surface area contributed by atoms with Gasteiger partial charge in [0.2, 0.25) is 0 Å². The fourth-order valence-corrected chi connectivity index (χ4v) is 2.09. The van der Waals surface area contributed by atoms with Crippen molar-refractivity contribution in [3.05, 3.63) is 54.2 Å². The maximum Gasteiger partial charge on any atom is 0.164 e. The summed E-state index contributed by atoms with van der Waals surface area (Å²) in [5.41, 5.74) is 2.30. The number of nitrogens with zero attached hydrogens (tertiary/aromatic N) is 3. The third-order valence-corrected chi connectivity index (χ3v) is 2.93. The van der Waals surface area contributed by atoms with Crippen molar-refractivity contribution >= 4 is 22.8 Å².